The molecule has 64 valence electrons. The zero-order valence-corrected chi connectivity index (χ0v) is 7.42. The van der Waals surface area contributed by atoms with Crippen LogP contribution in [0.4, 0.5) is 0 Å². The zero-order chi connectivity index (χ0) is 7.84. The Balaban J connectivity index is 2.07. The average Bonchev–Trinajstić information content (AvgIpc) is 2.35. The summed E-state index contributed by atoms with van der Waals surface area (Å²) in [6.45, 7) is 5.38. The Labute approximate surface area is 68.5 Å². The van der Waals surface area contributed by atoms with E-state index in [1.165, 1.54) is 19.3 Å². The molecule has 3 unspecified atom stereocenters. The van der Waals surface area contributed by atoms with Crippen LogP contribution in [-0.4, -0.2) is 29.8 Å². The minimum absolute atomic E-state index is 0.470. The predicted octanol–water partition coefficient (Wildman–Crippen LogP) is 1.61. The molecule has 0 aliphatic carbocycles. The fourth-order valence-electron chi connectivity index (χ4n) is 2.32. The van der Waals surface area contributed by atoms with Gasteiger partial charge in [-0.1, -0.05) is 6.42 Å². The van der Waals surface area contributed by atoms with E-state index in [0.717, 1.165) is 18.8 Å². The smallest absolute Gasteiger partial charge is 0.1000 e. The number of fused-ring (bicyclic) bond motifs is 1. The van der Waals surface area contributed by atoms with Crippen LogP contribution < -0.4 is 0 Å². The van der Waals surface area contributed by atoms with Crippen molar-refractivity contribution in [2.24, 2.45) is 0 Å². The van der Waals surface area contributed by atoms with Gasteiger partial charge in [-0.15, -0.1) is 0 Å². The molecule has 2 aliphatic heterocycles. The van der Waals surface area contributed by atoms with Gasteiger partial charge in [-0.05, 0) is 26.7 Å². The summed E-state index contributed by atoms with van der Waals surface area (Å²) in [5.74, 6) is 0. The highest BCUT2D eigenvalue weighted by atomic mass is 16.5. The van der Waals surface area contributed by atoms with Crippen LogP contribution in [0.3, 0.4) is 0 Å². The van der Waals surface area contributed by atoms with Gasteiger partial charge in [0.05, 0.1) is 12.8 Å². The summed E-state index contributed by atoms with van der Waals surface area (Å²) in [6.07, 6.45) is 4.55. The Morgan fingerprint density at radius 1 is 1.27 bits per heavy atom. The molecule has 0 bridgehead atoms. The lowest BCUT2D eigenvalue weighted by Gasteiger charge is -2.34. The molecule has 0 saturated carbocycles. The Morgan fingerprint density at radius 3 is 2.82 bits per heavy atom. The number of rotatable bonds is 0. The number of hydrogen-bond acceptors (Lipinski definition) is 2. The van der Waals surface area contributed by atoms with Gasteiger partial charge in [0.25, 0.3) is 0 Å². The molecule has 2 fully saturated rings. The van der Waals surface area contributed by atoms with Crippen LogP contribution in [0, 0.1) is 0 Å². The molecule has 2 heterocycles. The van der Waals surface area contributed by atoms with Crippen molar-refractivity contribution in [3.05, 3.63) is 0 Å². The van der Waals surface area contributed by atoms with Crippen molar-refractivity contribution < 1.29 is 4.74 Å². The quantitative estimate of drug-likeness (QED) is 0.527. The third-order valence-corrected chi connectivity index (χ3v) is 3.14. The van der Waals surface area contributed by atoms with Crippen LogP contribution in [-0.2, 0) is 4.74 Å². The summed E-state index contributed by atoms with van der Waals surface area (Å²) in [7, 11) is 0. The summed E-state index contributed by atoms with van der Waals surface area (Å²) < 4.78 is 5.60. The summed E-state index contributed by atoms with van der Waals surface area (Å²) in [4.78, 5) is 2.51. The van der Waals surface area contributed by atoms with Crippen molar-refractivity contribution in [1.82, 2.24) is 4.90 Å². The van der Waals surface area contributed by atoms with Crippen molar-refractivity contribution in [3.63, 3.8) is 0 Å². The van der Waals surface area contributed by atoms with Gasteiger partial charge < -0.3 is 4.74 Å². The first-order chi connectivity index (χ1) is 5.29. The molecule has 0 spiro atoms. The van der Waals surface area contributed by atoms with E-state index in [9.17, 15) is 0 Å². The minimum Gasteiger partial charge on any atom is -0.361 e. The van der Waals surface area contributed by atoms with Crippen LogP contribution in [0.25, 0.3) is 0 Å². The second kappa shape index (κ2) is 2.76. The fourth-order valence-corrected chi connectivity index (χ4v) is 2.32. The molecule has 2 heteroatoms. The van der Waals surface area contributed by atoms with Gasteiger partial charge in [0.15, 0.2) is 0 Å². The first kappa shape index (κ1) is 7.56. The molecular weight excluding hydrogens is 138 g/mol. The van der Waals surface area contributed by atoms with E-state index in [2.05, 4.69) is 18.7 Å². The second-order valence-corrected chi connectivity index (χ2v) is 3.86. The highest BCUT2D eigenvalue weighted by Crippen LogP contribution is 2.30. The summed E-state index contributed by atoms with van der Waals surface area (Å²) in [6, 6.07) is 1.47. The average molecular weight is 155 g/mol. The molecule has 0 aromatic heterocycles. The minimum atomic E-state index is 0.470. The Morgan fingerprint density at radius 2 is 2.09 bits per heavy atom. The van der Waals surface area contributed by atoms with Crippen molar-refractivity contribution in [1.29, 1.82) is 0 Å². The Hall–Kier alpha value is -0.0800. The third-order valence-electron chi connectivity index (χ3n) is 3.14. The Bertz CT molecular complexity index is 146. The van der Waals surface area contributed by atoms with E-state index in [1.54, 1.807) is 0 Å². The number of nitrogens with zero attached hydrogens (tertiary/aromatic N) is 1. The van der Waals surface area contributed by atoms with Crippen molar-refractivity contribution in [3.8, 4) is 0 Å². The molecule has 3 atom stereocenters. The third kappa shape index (κ3) is 1.18. The zero-order valence-electron chi connectivity index (χ0n) is 7.42. The van der Waals surface area contributed by atoms with Crippen molar-refractivity contribution in [2.45, 2.75) is 51.3 Å². The van der Waals surface area contributed by atoms with Crippen LogP contribution in [0.5, 0.6) is 0 Å². The maximum Gasteiger partial charge on any atom is 0.1000 e. The highest BCUT2D eigenvalue weighted by Gasteiger charge is 2.36. The molecule has 2 rings (SSSR count). The van der Waals surface area contributed by atoms with Gasteiger partial charge in [0.1, 0.15) is 0 Å². The summed E-state index contributed by atoms with van der Waals surface area (Å²) in [5, 5.41) is 0. The van der Waals surface area contributed by atoms with Gasteiger partial charge in [0, 0.05) is 12.1 Å². The Kier molecular flexibility index (Phi) is 1.90. The van der Waals surface area contributed by atoms with Gasteiger partial charge >= 0.3 is 0 Å². The molecule has 0 aromatic rings. The van der Waals surface area contributed by atoms with E-state index in [4.69, 9.17) is 4.74 Å². The number of ether oxygens (including phenoxy) is 1. The number of piperidine rings is 1. The van der Waals surface area contributed by atoms with Crippen LogP contribution >= 0.6 is 0 Å². The molecule has 2 nitrogen and oxygen atoms in total. The van der Waals surface area contributed by atoms with Crippen LogP contribution in [0.15, 0.2) is 0 Å². The molecule has 2 aliphatic rings. The van der Waals surface area contributed by atoms with E-state index >= 15 is 0 Å². The van der Waals surface area contributed by atoms with Crippen molar-refractivity contribution >= 4 is 0 Å². The highest BCUT2D eigenvalue weighted by molar-refractivity contribution is 4.88. The lowest BCUT2D eigenvalue weighted by molar-refractivity contribution is 0.0816. The molecule has 0 amide bonds. The molecule has 0 N–H and O–H groups in total. The summed E-state index contributed by atoms with van der Waals surface area (Å²) in [5.41, 5.74) is 0. The molecule has 0 radical (unpaired) electrons. The van der Waals surface area contributed by atoms with Crippen molar-refractivity contribution in [2.75, 3.05) is 6.73 Å². The topological polar surface area (TPSA) is 12.5 Å². The first-order valence-corrected chi connectivity index (χ1v) is 4.66. The first-order valence-electron chi connectivity index (χ1n) is 4.66. The van der Waals surface area contributed by atoms with E-state index in [0.29, 0.717) is 6.10 Å². The van der Waals surface area contributed by atoms with E-state index < -0.39 is 0 Å². The van der Waals surface area contributed by atoms with Crippen LogP contribution in [0.2, 0.25) is 0 Å². The summed E-state index contributed by atoms with van der Waals surface area (Å²) >= 11 is 0. The molecule has 0 aromatic carbocycles. The SMILES string of the molecule is CC1OCN2C(C)CCCC12. The van der Waals surface area contributed by atoms with Gasteiger partial charge in [-0.3, -0.25) is 4.90 Å². The standard InChI is InChI=1S/C9H17NO/c1-7-4-3-5-9-8(2)11-6-10(7)9/h7-9H,3-6H2,1-2H3. The number of hydrogen-bond donors (Lipinski definition) is 0. The lowest BCUT2D eigenvalue weighted by Crippen LogP contribution is -2.43. The molecular formula is C9H17NO. The maximum atomic E-state index is 5.60. The largest absolute Gasteiger partial charge is 0.361 e. The van der Waals surface area contributed by atoms with Gasteiger partial charge in [-0.25, -0.2) is 0 Å². The second-order valence-electron chi connectivity index (χ2n) is 3.86. The molecule has 11 heavy (non-hydrogen) atoms. The fraction of sp³-hybridized carbons (Fsp3) is 1.00. The lowest BCUT2D eigenvalue weighted by atomic mass is 9.95. The van der Waals surface area contributed by atoms with Gasteiger partial charge in [0.2, 0.25) is 0 Å². The monoisotopic (exact) mass is 155 g/mol. The predicted molar refractivity (Wildman–Crippen MR) is 44.4 cm³/mol. The normalized spacial score (nSPS) is 45.8. The van der Waals surface area contributed by atoms with E-state index in [-0.39, 0.29) is 0 Å². The van der Waals surface area contributed by atoms with E-state index in [1.807, 2.05) is 0 Å². The molecule has 2 saturated heterocycles. The van der Waals surface area contributed by atoms with Gasteiger partial charge in [-0.2, -0.15) is 0 Å². The maximum absolute atomic E-state index is 5.60. The van der Waals surface area contributed by atoms with Crippen LogP contribution in [0.1, 0.15) is 33.1 Å².